The lowest BCUT2D eigenvalue weighted by molar-refractivity contribution is -0.0368. The van der Waals surface area contributed by atoms with Crippen molar-refractivity contribution >= 4 is 0 Å². The number of hydrogen-bond donors (Lipinski definition) is 1. The van der Waals surface area contributed by atoms with E-state index in [0.29, 0.717) is 5.92 Å². The fraction of sp³-hybridized carbons (Fsp3) is 1.00. The van der Waals surface area contributed by atoms with E-state index in [2.05, 4.69) is 12.2 Å². The van der Waals surface area contributed by atoms with Crippen molar-refractivity contribution in [3.63, 3.8) is 0 Å². The highest BCUT2D eigenvalue weighted by Crippen LogP contribution is 2.20. The summed E-state index contributed by atoms with van der Waals surface area (Å²) in [5.41, 5.74) is 0. The number of rotatable bonds is 4. The molecule has 1 aliphatic rings. The average molecular weight is 206 g/mol. The van der Waals surface area contributed by atoms with Crippen LogP contribution in [0.4, 0.5) is 8.78 Å². The molecule has 2 nitrogen and oxygen atoms in total. The third kappa shape index (κ3) is 3.88. The van der Waals surface area contributed by atoms with E-state index in [1.165, 1.54) is 6.42 Å². The van der Waals surface area contributed by atoms with Crippen LogP contribution in [0.25, 0.3) is 0 Å². The van der Waals surface area contributed by atoms with Gasteiger partial charge in [-0.05, 0) is 32.4 Å². The molecule has 0 saturated carbocycles. The van der Waals surface area contributed by atoms with Crippen molar-refractivity contribution in [3.05, 3.63) is 0 Å². The minimum atomic E-state index is -2.59. The predicted molar refractivity (Wildman–Crippen MR) is 53.7 cm³/mol. The van der Waals surface area contributed by atoms with Gasteiger partial charge in [0, 0.05) is 6.54 Å². The van der Waals surface area contributed by atoms with Gasteiger partial charge in [0.25, 0.3) is 5.92 Å². The highest BCUT2D eigenvalue weighted by Gasteiger charge is 2.32. The summed E-state index contributed by atoms with van der Waals surface area (Å²) in [5.74, 6) is -2.03. The summed E-state index contributed by atoms with van der Waals surface area (Å²) in [6, 6.07) is 0. The monoisotopic (exact) mass is 206 g/mol. The molecule has 1 rings (SSSR count). The van der Waals surface area contributed by atoms with Crippen molar-refractivity contribution in [2.75, 3.05) is 33.2 Å². The summed E-state index contributed by atoms with van der Waals surface area (Å²) in [7, 11) is 1.56. The van der Waals surface area contributed by atoms with Gasteiger partial charge in [0.05, 0.1) is 13.1 Å². The number of alkyl halides is 2. The van der Waals surface area contributed by atoms with E-state index in [1.807, 2.05) is 4.90 Å². The smallest absolute Gasteiger partial charge is 0.272 e. The van der Waals surface area contributed by atoms with Gasteiger partial charge in [-0.2, -0.15) is 0 Å². The molecule has 0 aromatic rings. The van der Waals surface area contributed by atoms with E-state index < -0.39 is 5.92 Å². The molecule has 0 radical (unpaired) electrons. The van der Waals surface area contributed by atoms with Gasteiger partial charge in [-0.3, -0.25) is 4.90 Å². The Bertz CT molecular complexity index is 174. The van der Waals surface area contributed by atoms with Crippen LogP contribution in [0.5, 0.6) is 0 Å². The molecular weight excluding hydrogens is 186 g/mol. The van der Waals surface area contributed by atoms with E-state index in [-0.39, 0.29) is 13.1 Å². The molecule has 0 aromatic heterocycles. The van der Waals surface area contributed by atoms with Crippen LogP contribution >= 0.6 is 0 Å². The first-order chi connectivity index (χ1) is 6.53. The number of nitrogens with zero attached hydrogens (tertiary/aromatic N) is 1. The molecule has 1 saturated heterocycles. The third-order valence-corrected chi connectivity index (χ3v) is 2.63. The molecule has 1 aliphatic heterocycles. The second-order valence-electron chi connectivity index (χ2n) is 4.37. The van der Waals surface area contributed by atoms with E-state index in [1.54, 1.807) is 7.05 Å². The van der Waals surface area contributed by atoms with Crippen LogP contribution in [0.2, 0.25) is 0 Å². The summed E-state index contributed by atoms with van der Waals surface area (Å²) >= 11 is 0. The van der Waals surface area contributed by atoms with Crippen molar-refractivity contribution in [1.82, 2.24) is 10.2 Å². The Hall–Kier alpha value is -0.220. The molecule has 0 aliphatic carbocycles. The van der Waals surface area contributed by atoms with Crippen molar-refractivity contribution in [2.45, 2.75) is 25.7 Å². The summed E-state index contributed by atoms with van der Waals surface area (Å²) in [5, 5.41) is 2.53. The Morgan fingerprint density at radius 3 is 2.79 bits per heavy atom. The van der Waals surface area contributed by atoms with Crippen molar-refractivity contribution in [2.24, 2.45) is 5.92 Å². The second-order valence-corrected chi connectivity index (χ2v) is 4.37. The molecule has 0 spiro atoms. The van der Waals surface area contributed by atoms with Gasteiger partial charge in [0.15, 0.2) is 0 Å². The zero-order chi connectivity index (χ0) is 10.6. The summed E-state index contributed by atoms with van der Waals surface area (Å²) in [6.45, 7) is 3.45. The van der Waals surface area contributed by atoms with Crippen molar-refractivity contribution in [3.8, 4) is 0 Å². The summed E-state index contributed by atoms with van der Waals surface area (Å²) < 4.78 is 26.5. The number of nitrogens with one attached hydrogen (secondary N) is 1. The molecular formula is C10H20F2N2. The van der Waals surface area contributed by atoms with Crippen LogP contribution in [0.3, 0.4) is 0 Å². The third-order valence-electron chi connectivity index (χ3n) is 2.63. The lowest BCUT2D eigenvalue weighted by atomic mass is 10.00. The fourth-order valence-corrected chi connectivity index (χ4v) is 2.07. The van der Waals surface area contributed by atoms with Gasteiger partial charge < -0.3 is 5.32 Å². The number of halogens is 2. The Morgan fingerprint density at radius 1 is 1.50 bits per heavy atom. The second kappa shape index (κ2) is 5.03. The van der Waals surface area contributed by atoms with E-state index in [0.717, 1.165) is 19.5 Å². The minimum Gasteiger partial charge on any atom is -0.314 e. The molecule has 1 N–H and O–H groups in total. The molecule has 0 bridgehead atoms. The fourth-order valence-electron chi connectivity index (χ4n) is 2.07. The van der Waals surface area contributed by atoms with Crippen LogP contribution in [0, 0.1) is 5.92 Å². The van der Waals surface area contributed by atoms with Crippen LogP contribution < -0.4 is 5.32 Å². The van der Waals surface area contributed by atoms with Gasteiger partial charge in [0.1, 0.15) is 0 Å². The maximum Gasteiger partial charge on any atom is 0.272 e. The van der Waals surface area contributed by atoms with E-state index in [9.17, 15) is 8.78 Å². The zero-order valence-corrected chi connectivity index (χ0v) is 9.02. The van der Waals surface area contributed by atoms with E-state index >= 15 is 0 Å². The Balaban J connectivity index is 2.34. The van der Waals surface area contributed by atoms with Gasteiger partial charge in [-0.25, -0.2) is 8.78 Å². The molecule has 0 amide bonds. The number of likely N-dealkylation sites (tertiary alicyclic amines) is 1. The van der Waals surface area contributed by atoms with Gasteiger partial charge in [0.2, 0.25) is 0 Å². The molecule has 1 fully saturated rings. The van der Waals surface area contributed by atoms with E-state index in [4.69, 9.17) is 0 Å². The van der Waals surface area contributed by atoms with Gasteiger partial charge in [-0.15, -0.1) is 0 Å². The zero-order valence-electron chi connectivity index (χ0n) is 9.02. The normalized spacial score (nSPS) is 25.3. The predicted octanol–water partition coefficient (Wildman–Crippen LogP) is 1.57. The molecule has 1 unspecified atom stereocenters. The molecule has 1 atom stereocenters. The quantitative estimate of drug-likeness (QED) is 0.751. The highest BCUT2D eigenvalue weighted by atomic mass is 19.3. The van der Waals surface area contributed by atoms with Crippen LogP contribution in [-0.2, 0) is 0 Å². The Morgan fingerprint density at radius 2 is 2.21 bits per heavy atom. The molecule has 84 valence electrons. The first-order valence-electron chi connectivity index (χ1n) is 5.28. The van der Waals surface area contributed by atoms with Crippen molar-refractivity contribution in [1.29, 1.82) is 0 Å². The first kappa shape index (κ1) is 11.9. The lowest BCUT2D eigenvalue weighted by Gasteiger charge is -2.33. The van der Waals surface area contributed by atoms with Crippen LogP contribution in [-0.4, -0.2) is 44.0 Å². The largest absolute Gasteiger partial charge is 0.314 e. The number of hydrogen-bond acceptors (Lipinski definition) is 2. The first-order valence-corrected chi connectivity index (χ1v) is 5.28. The lowest BCUT2D eigenvalue weighted by Crippen LogP contribution is -2.46. The van der Waals surface area contributed by atoms with Crippen LogP contribution in [0.1, 0.15) is 19.8 Å². The molecule has 1 heterocycles. The van der Waals surface area contributed by atoms with Gasteiger partial charge in [-0.1, -0.05) is 6.92 Å². The maximum atomic E-state index is 13.2. The van der Waals surface area contributed by atoms with Crippen LogP contribution in [0.15, 0.2) is 0 Å². The van der Waals surface area contributed by atoms with Gasteiger partial charge >= 0.3 is 0 Å². The SMILES string of the molecule is CNCC(F)(F)CN1CCCC(C)C1. The topological polar surface area (TPSA) is 15.3 Å². The van der Waals surface area contributed by atoms with Crippen molar-refractivity contribution < 1.29 is 8.78 Å². The minimum absolute atomic E-state index is 0.0990. The Labute approximate surface area is 84.7 Å². The molecule has 0 aromatic carbocycles. The summed E-state index contributed by atoms with van der Waals surface area (Å²) in [6.07, 6.45) is 2.23. The standard InChI is InChI=1S/C10H20F2N2/c1-9-4-3-5-14(6-9)8-10(11,12)7-13-2/h9,13H,3-8H2,1-2H3. The maximum absolute atomic E-state index is 13.2. The molecule has 14 heavy (non-hydrogen) atoms. The number of piperidine rings is 1. The highest BCUT2D eigenvalue weighted by molar-refractivity contribution is 4.78. The Kier molecular flexibility index (Phi) is 4.26. The average Bonchev–Trinajstić information content (AvgIpc) is 2.02. The molecule has 4 heteroatoms. The summed E-state index contributed by atoms with van der Waals surface area (Å²) in [4.78, 5) is 1.88.